The first-order valence-electron chi connectivity index (χ1n) is 10.4. The summed E-state index contributed by atoms with van der Waals surface area (Å²) in [5.74, 6) is 1.20. The summed E-state index contributed by atoms with van der Waals surface area (Å²) in [5, 5.41) is 10.6. The van der Waals surface area contributed by atoms with Crippen molar-refractivity contribution in [2.45, 2.75) is 44.6 Å². The van der Waals surface area contributed by atoms with Crippen LogP contribution in [0.4, 0.5) is 5.69 Å². The number of benzene rings is 1. The smallest absolute Gasteiger partial charge is 0.223 e. The van der Waals surface area contributed by atoms with Gasteiger partial charge in [-0.3, -0.25) is 9.79 Å². The second kappa shape index (κ2) is 10.6. The van der Waals surface area contributed by atoms with Crippen LogP contribution in [0.3, 0.4) is 0 Å². The molecule has 1 atom stereocenters. The highest BCUT2D eigenvalue weighted by Crippen LogP contribution is 2.24. The van der Waals surface area contributed by atoms with Crippen molar-refractivity contribution in [3.8, 4) is 0 Å². The molecular formula is C21H32ClN5O. The van der Waals surface area contributed by atoms with Crippen molar-refractivity contribution in [2.75, 3.05) is 38.1 Å². The standard InChI is InChI=1S/C21H32ClN5O/c1-23-21(25-12-11-24-20(28)16-6-3-2-4-7-16)26-18-10-13-27(15-18)19-9-5-8-17(22)14-19/h5,8-9,14,16,18H,2-4,6-7,10-13,15H2,1H3,(H,24,28)(H2,23,25,26). The van der Waals surface area contributed by atoms with Crippen LogP contribution in [0.25, 0.3) is 0 Å². The van der Waals surface area contributed by atoms with E-state index in [4.69, 9.17) is 11.6 Å². The van der Waals surface area contributed by atoms with Crippen LogP contribution >= 0.6 is 11.6 Å². The molecule has 7 heteroatoms. The highest BCUT2D eigenvalue weighted by molar-refractivity contribution is 6.30. The van der Waals surface area contributed by atoms with Crippen LogP contribution < -0.4 is 20.9 Å². The lowest BCUT2D eigenvalue weighted by molar-refractivity contribution is -0.125. The average Bonchev–Trinajstić information content (AvgIpc) is 3.19. The molecule has 0 aromatic heterocycles. The van der Waals surface area contributed by atoms with Crippen LogP contribution in [0.15, 0.2) is 29.3 Å². The minimum atomic E-state index is 0.206. The highest BCUT2D eigenvalue weighted by Gasteiger charge is 2.24. The SMILES string of the molecule is CN=C(NCCNC(=O)C1CCCCC1)NC1CCN(c2cccc(Cl)c2)C1. The number of hydrogen-bond acceptors (Lipinski definition) is 3. The Morgan fingerprint density at radius 1 is 1.18 bits per heavy atom. The van der Waals surface area contributed by atoms with Crippen LogP contribution in [-0.2, 0) is 4.79 Å². The van der Waals surface area contributed by atoms with Gasteiger partial charge < -0.3 is 20.9 Å². The Balaban J connectivity index is 1.36. The molecule has 3 N–H and O–H groups in total. The fraction of sp³-hybridized carbons (Fsp3) is 0.619. The number of aliphatic imine (C=N–C) groups is 1. The van der Waals surface area contributed by atoms with Gasteiger partial charge in [-0.05, 0) is 37.5 Å². The van der Waals surface area contributed by atoms with E-state index >= 15 is 0 Å². The van der Waals surface area contributed by atoms with Crippen molar-refractivity contribution in [2.24, 2.45) is 10.9 Å². The third kappa shape index (κ3) is 6.03. The van der Waals surface area contributed by atoms with Crippen LogP contribution in [0, 0.1) is 5.92 Å². The summed E-state index contributed by atoms with van der Waals surface area (Å²) in [6.45, 7) is 3.20. The molecular weight excluding hydrogens is 374 g/mol. The third-order valence-corrected chi connectivity index (χ3v) is 5.85. The fourth-order valence-corrected chi connectivity index (χ4v) is 4.23. The molecule has 1 heterocycles. The predicted molar refractivity (Wildman–Crippen MR) is 116 cm³/mol. The van der Waals surface area contributed by atoms with Crippen LogP contribution in [0.1, 0.15) is 38.5 Å². The summed E-state index contributed by atoms with van der Waals surface area (Å²) in [4.78, 5) is 18.8. The lowest BCUT2D eigenvalue weighted by atomic mass is 9.89. The minimum Gasteiger partial charge on any atom is -0.369 e. The molecule has 1 saturated carbocycles. The Morgan fingerprint density at radius 2 is 1.96 bits per heavy atom. The molecule has 0 spiro atoms. The number of anilines is 1. The van der Waals surface area contributed by atoms with E-state index in [0.29, 0.717) is 19.1 Å². The largest absolute Gasteiger partial charge is 0.369 e. The molecule has 1 aliphatic heterocycles. The summed E-state index contributed by atoms with van der Waals surface area (Å²) >= 11 is 6.11. The first kappa shape index (κ1) is 20.8. The quantitative estimate of drug-likeness (QED) is 0.386. The van der Waals surface area contributed by atoms with E-state index in [1.54, 1.807) is 7.05 Å². The summed E-state index contributed by atoms with van der Waals surface area (Å²) in [6, 6.07) is 8.32. The van der Waals surface area contributed by atoms with E-state index in [1.165, 1.54) is 19.3 Å². The Hall–Kier alpha value is -1.95. The van der Waals surface area contributed by atoms with E-state index in [9.17, 15) is 4.79 Å². The first-order valence-corrected chi connectivity index (χ1v) is 10.8. The van der Waals surface area contributed by atoms with Crippen molar-refractivity contribution < 1.29 is 4.79 Å². The zero-order valence-corrected chi connectivity index (χ0v) is 17.5. The molecule has 6 nitrogen and oxygen atoms in total. The van der Waals surface area contributed by atoms with Gasteiger partial charge >= 0.3 is 0 Å². The van der Waals surface area contributed by atoms with E-state index in [0.717, 1.165) is 49.0 Å². The monoisotopic (exact) mass is 405 g/mol. The van der Waals surface area contributed by atoms with Gasteiger partial charge in [-0.25, -0.2) is 0 Å². The van der Waals surface area contributed by atoms with E-state index in [1.807, 2.05) is 18.2 Å². The molecule has 1 aromatic carbocycles. The zero-order chi connectivity index (χ0) is 19.8. The Kier molecular flexibility index (Phi) is 7.83. The number of nitrogens with one attached hydrogen (secondary N) is 3. The van der Waals surface area contributed by atoms with Crippen LogP contribution in [0.5, 0.6) is 0 Å². The van der Waals surface area contributed by atoms with Crippen molar-refractivity contribution in [1.29, 1.82) is 0 Å². The molecule has 1 amide bonds. The maximum absolute atomic E-state index is 12.2. The molecule has 0 radical (unpaired) electrons. The van der Waals surface area contributed by atoms with E-state index < -0.39 is 0 Å². The molecule has 1 aliphatic carbocycles. The zero-order valence-electron chi connectivity index (χ0n) is 16.7. The number of amides is 1. The molecule has 28 heavy (non-hydrogen) atoms. The number of carbonyl (C=O) groups excluding carboxylic acids is 1. The second-order valence-electron chi connectivity index (χ2n) is 7.68. The van der Waals surface area contributed by atoms with Gasteiger partial charge in [-0.1, -0.05) is 36.9 Å². The maximum Gasteiger partial charge on any atom is 0.223 e. The van der Waals surface area contributed by atoms with Gasteiger partial charge in [0.2, 0.25) is 5.91 Å². The third-order valence-electron chi connectivity index (χ3n) is 5.62. The summed E-state index contributed by atoms with van der Waals surface area (Å²) < 4.78 is 0. The number of hydrogen-bond donors (Lipinski definition) is 3. The number of nitrogens with zero attached hydrogens (tertiary/aromatic N) is 2. The van der Waals surface area contributed by atoms with Gasteiger partial charge in [0.25, 0.3) is 0 Å². The lowest BCUT2D eigenvalue weighted by Gasteiger charge is -2.22. The number of rotatable bonds is 6. The van der Waals surface area contributed by atoms with Gasteiger partial charge in [-0.15, -0.1) is 0 Å². The van der Waals surface area contributed by atoms with Crippen molar-refractivity contribution in [1.82, 2.24) is 16.0 Å². The van der Waals surface area contributed by atoms with E-state index in [2.05, 4.69) is 31.9 Å². The summed E-state index contributed by atoms with van der Waals surface area (Å²) in [5.41, 5.74) is 1.16. The molecule has 2 fully saturated rings. The van der Waals surface area contributed by atoms with E-state index in [-0.39, 0.29) is 11.8 Å². The molecule has 154 valence electrons. The Labute approximate surface area is 173 Å². The molecule has 1 aromatic rings. The van der Waals surface area contributed by atoms with Gasteiger partial charge in [-0.2, -0.15) is 0 Å². The summed E-state index contributed by atoms with van der Waals surface area (Å²) in [7, 11) is 1.78. The van der Waals surface area contributed by atoms with Gasteiger partial charge in [0.15, 0.2) is 5.96 Å². The Bertz CT molecular complexity index is 675. The van der Waals surface area contributed by atoms with Gasteiger partial charge in [0.05, 0.1) is 0 Å². The van der Waals surface area contributed by atoms with Crippen LogP contribution in [0.2, 0.25) is 5.02 Å². The van der Waals surface area contributed by atoms with Gasteiger partial charge in [0, 0.05) is 55.9 Å². The molecule has 2 aliphatic rings. The fourth-order valence-electron chi connectivity index (χ4n) is 4.05. The normalized spacial score (nSPS) is 20.9. The number of halogens is 1. The van der Waals surface area contributed by atoms with Crippen molar-refractivity contribution >= 4 is 29.2 Å². The lowest BCUT2D eigenvalue weighted by Crippen LogP contribution is -2.47. The highest BCUT2D eigenvalue weighted by atomic mass is 35.5. The number of carbonyl (C=O) groups is 1. The second-order valence-corrected chi connectivity index (χ2v) is 8.12. The van der Waals surface area contributed by atoms with Crippen molar-refractivity contribution in [3.63, 3.8) is 0 Å². The first-order chi connectivity index (χ1) is 13.7. The van der Waals surface area contributed by atoms with Crippen molar-refractivity contribution in [3.05, 3.63) is 29.3 Å². The molecule has 1 unspecified atom stereocenters. The number of guanidine groups is 1. The Morgan fingerprint density at radius 3 is 2.71 bits per heavy atom. The minimum absolute atomic E-state index is 0.206. The van der Waals surface area contributed by atoms with Gasteiger partial charge in [0.1, 0.15) is 0 Å². The average molecular weight is 406 g/mol. The molecule has 1 saturated heterocycles. The predicted octanol–water partition coefficient (Wildman–Crippen LogP) is 2.78. The molecule has 3 rings (SSSR count). The van der Waals surface area contributed by atoms with Crippen LogP contribution in [-0.4, -0.2) is 51.1 Å². The molecule has 0 bridgehead atoms. The summed E-state index contributed by atoms with van der Waals surface area (Å²) in [6.07, 6.45) is 6.75. The topological polar surface area (TPSA) is 68.8 Å². The maximum atomic E-state index is 12.2.